The van der Waals surface area contributed by atoms with Crippen molar-refractivity contribution in [3.05, 3.63) is 51.2 Å². The van der Waals surface area contributed by atoms with Gasteiger partial charge in [-0.25, -0.2) is 9.59 Å². The van der Waals surface area contributed by atoms with E-state index in [1.165, 1.54) is 40.9 Å². The number of aliphatic hydroxyl groups excluding tert-OH is 1. The number of nitrogens with zero attached hydrogens (tertiary/aromatic N) is 2. The van der Waals surface area contributed by atoms with Gasteiger partial charge in [0.1, 0.15) is 12.3 Å². The average molecular weight is 524 g/mol. The summed E-state index contributed by atoms with van der Waals surface area (Å²) in [6.45, 7) is 1.84. The second kappa shape index (κ2) is 10.5. The van der Waals surface area contributed by atoms with Crippen LogP contribution in [0.15, 0.2) is 35.5 Å². The molecule has 0 saturated carbocycles. The Kier molecular flexibility index (Phi) is 7.57. The van der Waals surface area contributed by atoms with Crippen molar-refractivity contribution in [1.29, 1.82) is 0 Å². The summed E-state index contributed by atoms with van der Waals surface area (Å²) in [6.07, 6.45) is -0.716. The normalized spacial score (nSPS) is 25.9. The molecule has 2 amide bonds. The van der Waals surface area contributed by atoms with Gasteiger partial charge < -0.3 is 25.2 Å². The maximum Gasteiger partial charge on any atom is 0.407 e. The van der Waals surface area contributed by atoms with Gasteiger partial charge in [-0.3, -0.25) is 14.9 Å². The Bertz CT molecular complexity index is 1060. The molecule has 0 bridgehead atoms. The number of aliphatic carboxylic acids is 1. The van der Waals surface area contributed by atoms with Gasteiger partial charge in [0, 0.05) is 29.7 Å². The first-order valence-electron chi connectivity index (χ1n) is 11.1. The number of thioether (sulfide) groups is 2. The molecule has 13 heteroatoms. The van der Waals surface area contributed by atoms with Crippen LogP contribution >= 0.6 is 23.5 Å². The van der Waals surface area contributed by atoms with Crippen LogP contribution in [0.2, 0.25) is 0 Å². The Hall–Kier alpha value is -2.77. The van der Waals surface area contributed by atoms with E-state index in [2.05, 4.69) is 5.32 Å². The smallest absolute Gasteiger partial charge is 0.407 e. The first kappa shape index (κ1) is 25.3. The predicted octanol–water partition coefficient (Wildman–Crippen LogP) is 1.99. The van der Waals surface area contributed by atoms with Crippen molar-refractivity contribution < 1.29 is 34.3 Å². The van der Waals surface area contributed by atoms with Crippen molar-refractivity contribution in [1.82, 2.24) is 10.2 Å². The molecule has 4 rings (SSSR count). The lowest BCUT2D eigenvalue weighted by molar-refractivity contribution is -0.384. The molecule has 2 fully saturated rings. The van der Waals surface area contributed by atoms with Crippen LogP contribution in [0.4, 0.5) is 10.5 Å². The fourth-order valence-electron chi connectivity index (χ4n) is 4.71. The Morgan fingerprint density at radius 3 is 2.71 bits per heavy atom. The van der Waals surface area contributed by atoms with Gasteiger partial charge in [-0.1, -0.05) is 0 Å². The van der Waals surface area contributed by atoms with E-state index in [4.69, 9.17) is 4.74 Å². The topological polar surface area (TPSA) is 159 Å². The van der Waals surface area contributed by atoms with Crippen molar-refractivity contribution >= 4 is 47.2 Å². The van der Waals surface area contributed by atoms with E-state index in [-0.39, 0.29) is 40.4 Å². The number of nitro benzene ring substituents is 1. The van der Waals surface area contributed by atoms with Crippen LogP contribution in [0, 0.1) is 16.0 Å². The summed E-state index contributed by atoms with van der Waals surface area (Å²) >= 11 is 3.16. The number of ether oxygens (including phenoxy) is 1. The van der Waals surface area contributed by atoms with Gasteiger partial charge in [-0.15, -0.1) is 0 Å². The molecule has 0 aliphatic carbocycles. The number of alkyl carbamates (subject to hydrolysis) is 1. The van der Waals surface area contributed by atoms with Gasteiger partial charge in [0.05, 0.1) is 28.2 Å². The number of β-lactam (4-membered cyclic amide) rings is 1. The number of carbonyl (C=O) groups excluding carboxylic acids is 2. The van der Waals surface area contributed by atoms with Crippen molar-refractivity contribution in [2.24, 2.45) is 5.92 Å². The summed E-state index contributed by atoms with van der Waals surface area (Å²) in [6, 6.07) is 5.38. The largest absolute Gasteiger partial charge is 0.477 e. The summed E-state index contributed by atoms with van der Waals surface area (Å²) in [5.74, 6) is -0.731. The number of carbonyl (C=O) groups is 3. The number of nitro groups is 1. The average Bonchev–Trinajstić information content (AvgIpc) is 3.12. The molecule has 188 valence electrons. The van der Waals surface area contributed by atoms with Crippen molar-refractivity contribution in [3.8, 4) is 0 Å². The molecule has 3 aliphatic heterocycles. The number of non-ortho nitro benzene ring substituents is 1. The summed E-state index contributed by atoms with van der Waals surface area (Å²) < 4.78 is 5.13. The molecule has 35 heavy (non-hydrogen) atoms. The number of carboxylic acids is 1. The first-order valence-corrected chi connectivity index (χ1v) is 13.2. The molecule has 0 radical (unpaired) electrons. The zero-order chi connectivity index (χ0) is 25.3. The van der Waals surface area contributed by atoms with Crippen LogP contribution in [-0.4, -0.2) is 78.7 Å². The third kappa shape index (κ3) is 4.98. The fourth-order valence-corrected chi connectivity index (χ4v) is 7.75. The Balaban J connectivity index is 1.29. The second-order valence-electron chi connectivity index (χ2n) is 8.44. The van der Waals surface area contributed by atoms with Gasteiger partial charge in [0.15, 0.2) is 0 Å². The molecule has 1 aromatic carbocycles. The fraction of sp³-hybridized carbons (Fsp3) is 0.500. The molecule has 11 nitrogen and oxygen atoms in total. The predicted molar refractivity (Wildman–Crippen MR) is 129 cm³/mol. The van der Waals surface area contributed by atoms with E-state index in [0.717, 1.165) is 17.7 Å². The minimum Gasteiger partial charge on any atom is -0.477 e. The summed E-state index contributed by atoms with van der Waals surface area (Å²) in [4.78, 5) is 48.1. The highest BCUT2D eigenvalue weighted by atomic mass is 32.2. The maximum atomic E-state index is 12.6. The van der Waals surface area contributed by atoms with Gasteiger partial charge in [0.2, 0.25) is 5.91 Å². The third-order valence-electron chi connectivity index (χ3n) is 6.27. The lowest BCUT2D eigenvalue weighted by Crippen LogP contribution is -2.64. The molecule has 3 N–H and O–H groups in total. The number of aliphatic hydroxyl groups is 1. The molecule has 1 aromatic rings. The minimum atomic E-state index is -1.13. The highest BCUT2D eigenvalue weighted by Crippen LogP contribution is 2.53. The van der Waals surface area contributed by atoms with E-state index in [1.807, 2.05) is 0 Å². The molecule has 3 heterocycles. The highest BCUT2D eigenvalue weighted by molar-refractivity contribution is 8.02. The van der Waals surface area contributed by atoms with Crippen molar-refractivity contribution in [3.63, 3.8) is 0 Å². The molecule has 2 saturated heterocycles. The van der Waals surface area contributed by atoms with Crippen LogP contribution in [0.3, 0.4) is 0 Å². The van der Waals surface area contributed by atoms with Crippen LogP contribution < -0.4 is 5.32 Å². The van der Waals surface area contributed by atoms with Crippen LogP contribution in [0.1, 0.15) is 18.9 Å². The maximum absolute atomic E-state index is 12.6. The summed E-state index contributed by atoms with van der Waals surface area (Å²) in [7, 11) is 0. The SMILES string of the molecule is C[C@@H](O)[C@H]1C(=O)N2C(C(=O)O)=C3[C@@H](SCCNC(=O)OCc4ccc([N+](=O)[O-])cc4)CCS[C@@H]3[C@H]12. The number of hydrogen-bond donors (Lipinski definition) is 3. The van der Waals surface area contributed by atoms with E-state index < -0.39 is 29.0 Å². The summed E-state index contributed by atoms with van der Waals surface area (Å²) in [5, 5.41) is 33.0. The zero-order valence-corrected chi connectivity index (χ0v) is 20.4. The standard InChI is InChI=1S/C22H25N3O8S2/c1-11(26)15-17-19-16(18(21(28)29)24(17)20(15)27)14(6-8-35-19)34-9-7-23-22(30)33-10-12-2-4-13(5-3-12)25(31)32/h2-5,11,14-15,17,19,26H,6-10H2,1H3,(H,23,30)(H,28,29)/t11-,14+,15-,17+,19+/m1/s1. The van der Waals surface area contributed by atoms with Crippen LogP contribution in [-0.2, 0) is 20.9 Å². The Morgan fingerprint density at radius 2 is 2.09 bits per heavy atom. The minimum absolute atomic E-state index is 0.0247. The monoisotopic (exact) mass is 523 g/mol. The van der Waals surface area contributed by atoms with E-state index >= 15 is 0 Å². The second-order valence-corrected chi connectivity index (χ2v) is 11.0. The zero-order valence-electron chi connectivity index (χ0n) is 18.8. The number of carboxylic acid groups (broad SMARTS) is 1. The number of hydrogen-bond acceptors (Lipinski definition) is 9. The van der Waals surface area contributed by atoms with Crippen LogP contribution in [0.5, 0.6) is 0 Å². The third-order valence-corrected chi connectivity index (χ3v) is 8.97. The highest BCUT2D eigenvalue weighted by Gasteiger charge is 2.62. The number of rotatable bonds is 9. The molecule has 0 spiro atoms. The van der Waals surface area contributed by atoms with E-state index in [9.17, 15) is 34.7 Å². The van der Waals surface area contributed by atoms with Gasteiger partial charge in [0.25, 0.3) is 5.69 Å². The molecular weight excluding hydrogens is 498 g/mol. The number of fused-ring (bicyclic) bond motifs is 3. The van der Waals surface area contributed by atoms with Gasteiger partial charge in [-0.05, 0) is 42.4 Å². The van der Waals surface area contributed by atoms with Crippen molar-refractivity contribution in [2.45, 2.75) is 42.6 Å². The van der Waals surface area contributed by atoms with Gasteiger partial charge in [-0.2, -0.15) is 23.5 Å². The lowest BCUT2D eigenvalue weighted by atomic mass is 9.82. The summed E-state index contributed by atoms with van der Waals surface area (Å²) in [5.41, 5.74) is 1.36. The molecule has 5 atom stereocenters. The van der Waals surface area contributed by atoms with E-state index in [0.29, 0.717) is 17.9 Å². The first-order chi connectivity index (χ1) is 16.7. The van der Waals surface area contributed by atoms with Crippen molar-refractivity contribution in [2.75, 3.05) is 18.1 Å². The number of benzene rings is 1. The van der Waals surface area contributed by atoms with Crippen LogP contribution in [0.25, 0.3) is 0 Å². The van der Waals surface area contributed by atoms with E-state index in [1.54, 1.807) is 18.7 Å². The quantitative estimate of drug-likeness (QED) is 0.189. The molecule has 0 unspecified atom stereocenters. The van der Waals surface area contributed by atoms with Gasteiger partial charge >= 0.3 is 12.1 Å². The molecule has 0 aromatic heterocycles. The molecule has 3 aliphatic rings. The Labute approximate surface area is 209 Å². The number of nitrogens with one attached hydrogen (secondary N) is 1. The molecular formula is C22H25N3O8S2. The lowest BCUT2D eigenvalue weighted by Gasteiger charge is -2.47. The Morgan fingerprint density at radius 1 is 1.37 bits per heavy atom. The number of amides is 2.